The molecule has 2 N–H and O–H groups in total. The first kappa shape index (κ1) is 19.7. The SMILES string of the molecule is COc1ccc(CN2CCC(CO)(CCCc3ccccc3)CC2)c(O)c1. The molecule has 3 rings (SSSR count). The fourth-order valence-electron chi connectivity index (χ4n) is 4.03. The third-order valence-corrected chi connectivity index (χ3v) is 5.95. The number of hydrogen-bond acceptors (Lipinski definition) is 4. The number of aliphatic hydroxyl groups excluding tert-OH is 1. The van der Waals surface area contributed by atoms with Gasteiger partial charge >= 0.3 is 0 Å². The minimum absolute atomic E-state index is 0.0488. The van der Waals surface area contributed by atoms with Crippen molar-refractivity contribution < 1.29 is 14.9 Å². The molecule has 4 nitrogen and oxygen atoms in total. The van der Waals surface area contributed by atoms with E-state index in [4.69, 9.17) is 4.74 Å². The first-order valence-corrected chi connectivity index (χ1v) is 9.87. The molecule has 2 aromatic carbocycles. The van der Waals surface area contributed by atoms with Gasteiger partial charge in [0.1, 0.15) is 11.5 Å². The second kappa shape index (κ2) is 9.25. The van der Waals surface area contributed by atoms with Crippen LogP contribution in [0.25, 0.3) is 0 Å². The van der Waals surface area contributed by atoms with Gasteiger partial charge in [-0.2, -0.15) is 0 Å². The van der Waals surface area contributed by atoms with Gasteiger partial charge in [0, 0.05) is 24.8 Å². The summed E-state index contributed by atoms with van der Waals surface area (Å²) in [5, 5.41) is 20.2. The van der Waals surface area contributed by atoms with Crippen LogP contribution >= 0.6 is 0 Å². The maximum absolute atomic E-state index is 10.2. The largest absolute Gasteiger partial charge is 0.507 e. The van der Waals surface area contributed by atoms with Crippen molar-refractivity contribution in [1.29, 1.82) is 0 Å². The highest BCUT2D eigenvalue weighted by Gasteiger charge is 2.33. The number of phenolic OH excluding ortho intramolecular Hbond substituents is 1. The molecule has 1 saturated heterocycles. The second-order valence-electron chi connectivity index (χ2n) is 7.77. The van der Waals surface area contributed by atoms with Crippen molar-refractivity contribution >= 4 is 0 Å². The summed E-state index contributed by atoms with van der Waals surface area (Å²) in [5.41, 5.74) is 2.35. The molecule has 0 aliphatic carbocycles. The van der Waals surface area contributed by atoms with Crippen LogP contribution in [0.4, 0.5) is 0 Å². The summed E-state index contributed by atoms with van der Waals surface area (Å²) in [6.45, 7) is 2.92. The number of likely N-dealkylation sites (tertiary alicyclic amines) is 1. The molecule has 0 radical (unpaired) electrons. The van der Waals surface area contributed by atoms with Crippen LogP contribution in [0.5, 0.6) is 11.5 Å². The van der Waals surface area contributed by atoms with E-state index >= 15 is 0 Å². The number of aryl methyl sites for hydroxylation is 1. The summed E-state index contributed by atoms with van der Waals surface area (Å²) in [6, 6.07) is 16.1. The van der Waals surface area contributed by atoms with Crippen molar-refractivity contribution in [3.05, 3.63) is 59.7 Å². The predicted molar refractivity (Wildman–Crippen MR) is 108 cm³/mol. The number of aromatic hydroxyl groups is 1. The Bertz CT molecular complexity index is 709. The number of piperidine rings is 1. The summed E-state index contributed by atoms with van der Waals surface area (Å²) in [6.07, 6.45) is 5.28. The van der Waals surface area contributed by atoms with Crippen LogP contribution in [0.1, 0.15) is 36.8 Å². The quantitative estimate of drug-likeness (QED) is 0.738. The van der Waals surface area contributed by atoms with Crippen LogP contribution in [0.15, 0.2) is 48.5 Å². The van der Waals surface area contributed by atoms with Gasteiger partial charge in [0.15, 0.2) is 0 Å². The number of methoxy groups -OCH3 is 1. The molecule has 146 valence electrons. The van der Waals surface area contributed by atoms with Crippen molar-refractivity contribution in [1.82, 2.24) is 4.90 Å². The summed E-state index contributed by atoms with van der Waals surface area (Å²) in [4.78, 5) is 2.37. The van der Waals surface area contributed by atoms with Crippen molar-refractivity contribution in [2.45, 2.75) is 38.6 Å². The van der Waals surface area contributed by atoms with Gasteiger partial charge in [0.25, 0.3) is 0 Å². The van der Waals surface area contributed by atoms with E-state index in [2.05, 4.69) is 35.2 Å². The summed E-state index contributed by atoms with van der Waals surface area (Å²) < 4.78 is 5.15. The number of aliphatic hydroxyl groups is 1. The first-order chi connectivity index (χ1) is 13.1. The van der Waals surface area contributed by atoms with Gasteiger partial charge in [0.05, 0.1) is 7.11 Å². The van der Waals surface area contributed by atoms with E-state index in [0.717, 1.165) is 57.3 Å². The zero-order valence-corrected chi connectivity index (χ0v) is 16.2. The zero-order chi connectivity index (χ0) is 19.1. The molecule has 0 spiro atoms. The summed E-state index contributed by atoms with van der Waals surface area (Å²) >= 11 is 0. The van der Waals surface area contributed by atoms with Crippen LogP contribution < -0.4 is 4.74 Å². The topological polar surface area (TPSA) is 52.9 Å². The van der Waals surface area contributed by atoms with E-state index in [1.165, 1.54) is 5.56 Å². The molecule has 0 amide bonds. The molecule has 0 saturated carbocycles. The van der Waals surface area contributed by atoms with Gasteiger partial charge in [-0.15, -0.1) is 0 Å². The average molecular weight is 370 g/mol. The Morgan fingerprint density at radius 3 is 2.44 bits per heavy atom. The van der Waals surface area contributed by atoms with Crippen LogP contribution in [0, 0.1) is 5.41 Å². The molecule has 0 bridgehead atoms. The maximum atomic E-state index is 10.2. The third-order valence-electron chi connectivity index (χ3n) is 5.95. The first-order valence-electron chi connectivity index (χ1n) is 9.87. The lowest BCUT2D eigenvalue weighted by Crippen LogP contribution is -2.41. The van der Waals surface area contributed by atoms with E-state index in [1.54, 1.807) is 13.2 Å². The molecule has 0 atom stereocenters. The monoisotopic (exact) mass is 369 g/mol. The zero-order valence-electron chi connectivity index (χ0n) is 16.2. The van der Waals surface area contributed by atoms with Crippen molar-refractivity contribution in [2.24, 2.45) is 5.41 Å². The van der Waals surface area contributed by atoms with Gasteiger partial charge < -0.3 is 14.9 Å². The highest BCUT2D eigenvalue weighted by Crippen LogP contribution is 2.37. The Morgan fingerprint density at radius 2 is 1.81 bits per heavy atom. The molecule has 0 unspecified atom stereocenters. The van der Waals surface area contributed by atoms with E-state index in [9.17, 15) is 10.2 Å². The maximum Gasteiger partial charge on any atom is 0.123 e. The molecule has 2 aromatic rings. The Hall–Kier alpha value is -2.04. The van der Waals surface area contributed by atoms with Crippen LogP contribution in [-0.4, -0.2) is 41.9 Å². The fraction of sp³-hybridized carbons (Fsp3) is 0.478. The van der Waals surface area contributed by atoms with Crippen LogP contribution in [0.2, 0.25) is 0 Å². The molecule has 1 fully saturated rings. The Morgan fingerprint density at radius 1 is 1.07 bits per heavy atom. The number of nitrogens with zero attached hydrogens (tertiary/aromatic N) is 1. The Balaban J connectivity index is 1.50. The minimum Gasteiger partial charge on any atom is -0.507 e. The number of hydrogen-bond donors (Lipinski definition) is 2. The third kappa shape index (κ3) is 5.24. The van der Waals surface area contributed by atoms with Gasteiger partial charge in [0.2, 0.25) is 0 Å². The molecule has 1 heterocycles. The van der Waals surface area contributed by atoms with E-state index in [0.29, 0.717) is 5.75 Å². The van der Waals surface area contributed by atoms with Crippen molar-refractivity contribution in [3.63, 3.8) is 0 Å². The molecule has 27 heavy (non-hydrogen) atoms. The average Bonchev–Trinajstić information content (AvgIpc) is 2.71. The van der Waals surface area contributed by atoms with Crippen molar-refractivity contribution in [2.75, 3.05) is 26.8 Å². The lowest BCUT2D eigenvalue weighted by atomic mass is 9.75. The Kier molecular flexibility index (Phi) is 6.75. The van der Waals surface area contributed by atoms with Gasteiger partial charge in [-0.05, 0) is 62.2 Å². The number of rotatable bonds is 8. The lowest BCUT2D eigenvalue weighted by molar-refractivity contribution is 0.0328. The van der Waals surface area contributed by atoms with Crippen LogP contribution in [0.3, 0.4) is 0 Å². The van der Waals surface area contributed by atoms with E-state index < -0.39 is 0 Å². The van der Waals surface area contributed by atoms with Gasteiger partial charge in [-0.1, -0.05) is 36.4 Å². The molecular formula is C23H31NO3. The number of phenols is 1. The molecule has 1 aliphatic heterocycles. The fourth-order valence-corrected chi connectivity index (χ4v) is 4.03. The molecule has 1 aliphatic rings. The molecule has 0 aromatic heterocycles. The molecule has 4 heteroatoms. The highest BCUT2D eigenvalue weighted by molar-refractivity contribution is 5.39. The smallest absolute Gasteiger partial charge is 0.123 e. The van der Waals surface area contributed by atoms with E-state index in [-0.39, 0.29) is 17.8 Å². The number of benzene rings is 2. The standard InChI is InChI=1S/C23H31NO3/c1-27-21-10-9-20(22(26)16-21)17-24-14-12-23(18-25,13-15-24)11-5-8-19-6-3-2-4-7-19/h2-4,6-7,9-10,16,25-26H,5,8,11-15,17-18H2,1H3. The van der Waals surface area contributed by atoms with Gasteiger partial charge in [-0.3, -0.25) is 4.90 Å². The number of ether oxygens (including phenoxy) is 1. The van der Waals surface area contributed by atoms with E-state index in [1.807, 2.05) is 12.1 Å². The molecular weight excluding hydrogens is 338 g/mol. The minimum atomic E-state index is 0.0488. The normalized spacial score (nSPS) is 17.0. The lowest BCUT2D eigenvalue weighted by Gasteiger charge is -2.41. The highest BCUT2D eigenvalue weighted by atomic mass is 16.5. The van der Waals surface area contributed by atoms with Crippen molar-refractivity contribution in [3.8, 4) is 11.5 Å². The predicted octanol–water partition coefficient (Wildman–Crippen LogP) is 4.00. The summed E-state index contributed by atoms with van der Waals surface area (Å²) in [5.74, 6) is 0.962. The Labute approximate surface area is 162 Å². The summed E-state index contributed by atoms with van der Waals surface area (Å²) in [7, 11) is 1.60. The van der Waals surface area contributed by atoms with Gasteiger partial charge in [-0.25, -0.2) is 0 Å². The van der Waals surface area contributed by atoms with Crippen LogP contribution in [-0.2, 0) is 13.0 Å². The second-order valence-corrected chi connectivity index (χ2v) is 7.77.